The molecule has 3 atom stereocenters. The number of piperidine rings is 1. The number of hydrogen-bond donors (Lipinski definition) is 1. The van der Waals surface area contributed by atoms with E-state index in [9.17, 15) is 4.79 Å². The molecule has 0 saturated carbocycles. The molecule has 1 N–H and O–H groups in total. The minimum atomic E-state index is -0.415. The van der Waals surface area contributed by atoms with Crippen molar-refractivity contribution in [2.45, 2.75) is 70.8 Å². The van der Waals surface area contributed by atoms with Crippen LogP contribution >= 0.6 is 11.8 Å². The zero-order valence-corrected chi connectivity index (χ0v) is 16.0. The van der Waals surface area contributed by atoms with E-state index in [1.54, 1.807) is 0 Å². The lowest BCUT2D eigenvalue weighted by Crippen LogP contribution is -2.48. The van der Waals surface area contributed by atoms with Gasteiger partial charge in [-0.05, 0) is 65.7 Å². The van der Waals surface area contributed by atoms with Gasteiger partial charge < -0.3 is 15.0 Å². The molecule has 5 heteroatoms. The van der Waals surface area contributed by atoms with Crippen LogP contribution in [-0.2, 0) is 4.74 Å². The molecule has 3 unspecified atom stereocenters. The molecule has 0 aromatic carbocycles. The summed E-state index contributed by atoms with van der Waals surface area (Å²) in [6, 6.07) is 0.444. The third-order valence-corrected chi connectivity index (χ3v) is 5.28. The average molecular weight is 331 g/mol. The molecule has 22 heavy (non-hydrogen) atoms. The predicted molar refractivity (Wildman–Crippen MR) is 95.6 cm³/mol. The summed E-state index contributed by atoms with van der Waals surface area (Å²) in [5, 5.41) is 4.33. The van der Waals surface area contributed by atoms with Gasteiger partial charge in [0.25, 0.3) is 0 Å². The third kappa shape index (κ3) is 7.23. The van der Waals surface area contributed by atoms with Crippen molar-refractivity contribution < 1.29 is 9.53 Å². The average Bonchev–Trinajstić information content (AvgIpc) is 2.45. The molecule has 0 spiro atoms. The van der Waals surface area contributed by atoms with Gasteiger partial charge in [0.2, 0.25) is 0 Å². The van der Waals surface area contributed by atoms with Crippen molar-refractivity contribution in [2.75, 3.05) is 25.9 Å². The Labute approximate surface area is 140 Å². The Morgan fingerprint density at radius 1 is 1.41 bits per heavy atom. The first-order valence-corrected chi connectivity index (χ1v) is 9.76. The van der Waals surface area contributed by atoms with E-state index in [2.05, 4.69) is 25.4 Å². The van der Waals surface area contributed by atoms with Crippen molar-refractivity contribution in [1.29, 1.82) is 0 Å². The minimum absolute atomic E-state index is 0.166. The molecule has 0 aromatic rings. The maximum atomic E-state index is 12.2. The Kier molecular flexibility index (Phi) is 8.04. The number of thioether (sulfide) groups is 1. The van der Waals surface area contributed by atoms with E-state index in [1.165, 1.54) is 12.8 Å². The van der Waals surface area contributed by atoms with Crippen molar-refractivity contribution in [3.05, 3.63) is 0 Å². The molecule has 0 aromatic heterocycles. The molecule has 1 aliphatic heterocycles. The molecular weight excluding hydrogens is 296 g/mol. The molecule has 1 amide bonds. The molecule has 4 nitrogen and oxygen atoms in total. The summed E-state index contributed by atoms with van der Waals surface area (Å²) in [7, 11) is 0. The summed E-state index contributed by atoms with van der Waals surface area (Å²) in [5.74, 6) is 0.519. The van der Waals surface area contributed by atoms with Crippen molar-refractivity contribution in [2.24, 2.45) is 5.92 Å². The zero-order chi connectivity index (χ0) is 16.8. The van der Waals surface area contributed by atoms with Crippen LogP contribution in [0.2, 0.25) is 0 Å². The van der Waals surface area contributed by atoms with Crippen molar-refractivity contribution >= 4 is 17.9 Å². The Balaban J connectivity index is 2.40. The number of hydrogen-bond acceptors (Lipinski definition) is 4. The fourth-order valence-electron chi connectivity index (χ4n) is 2.71. The topological polar surface area (TPSA) is 41.6 Å². The smallest absolute Gasteiger partial charge is 0.410 e. The molecular formula is C17H34N2O2S. The molecule has 0 bridgehead atoms. The predicted octanol–water partition coefficient (Wildman–Crippen LogP) is 3.75. The van der Waals surface area contributed by atoms with Gasteiger partial charge in [0.15, 0.2) is 0 Å². The second-order valence-electron chi connectivity index (χ2n) is 7.41. The van der Waals surface area contributed by atoms with Gasteiger partial charge in [-0.2, -0.15) is 11.8 Å². The fraction of sp³-hybridized carbons (Fsp3) is 0.941. The normalized spacial score (nSPS) is 22.3. The zero-order valence-electron chi connectivity index (χ0n) is 15.1. The summed E-state index contributed by atoms with van der Waals surface area (Å²) in [4.78, 5) is 14.1. The second kappa shape index (κ2) is 9.02. The molecule has 1 rings (SSSR count). The standard InChI is InChI=1S/C17H34N2O2S/c1-13(22-6)9-10-18-14(2)15-8-7-11-19(12-15)16(20)21-17(3,4)5/h13-15,18H,7-12H2,1-6H3. The largest absolute Gasteiger partial charge is 0.444 e. The molecule has 130 valence electrons. The van der Waals surface area contributed by atoms with E-state index in [1.807, 2.05) is 37.4 Å². The molecule has 1 aliphatic rings. The van der Waals surface area contributed by atoms with Crippen LogP contribution in [0.4, 0.5) is 4.79 Å². The quantitative estimate of drug-likeness (QED) is 0.805. The van der Waals surface area contributed by atoms with Crippen LogP contribution in [0.15, 0.2) is 0 Å². The second-order valence-corrected chi connectivity index (χ2v) is 8.68. The number of rotatable bonds is 6. The van der Waals surface area contributed by atoms with E-state index >= 15 is 0 Å². The van der Waals surface area contributed by atoms with E-state index in [-0.39, 0.29) is 6.09 Å². The van der Waals surface area contributed by atoms with Crippen LogP contribution in [0.5, 0.6) is 0 Å². The molecule has 1 fully saturated rings. The van der Waals surface area contributed by atoms with Crippen molar-refractivity contribution in [3.8, 4) is 0 Å². The summed E-state index contributed by atoms with van der Waals surface area (Å²) in [6.45, 7) is 12.9. The van der Waals surface area contributed by atoms with Crippen LogP contribution in [-0.4, -0.2) is 53.8 Å². The Hall–Kier alpha value is -0.420. The highest BCUT2D eigenvalue weighted by Crippen LogP contribution is 2.22. The van der Waals surface area contributed by atoms with E-state index in [0.29, 0.717) is 17.2 Å². The summed E-state index contributed by atoms with van der Waals surface area (Å²) in [6.07, 6.45) is 5.44. The highest BCUT2D eigenvalue weighted by atomic mass is 32.2. The fourth-order valence-corrected chi connectivity index (χ4v) is 3.06. The Bertz CT molecular complexity index is 344. The summed E-state index contributed by atoms with van der Waals surface area (Å²) in [5.41, 5.74) is -0.415. The Morgan fingerprint density at radius 3 is 2.68 bits per heavy atom. The van der Waals surface area contributed by atoms with E-state index in [4.69, 9.17) is 4.74 Å². The maximum Gasteiger partial charge on any atom is 0.410 e. The van der Waals surface area contributed by atoms with Gasteiger partial charge in [-0.1, -0.05) is 6.92 Å². The summed E-state index contributed by atoms with van der Waals surface area (Å²) >= 11 is 1.91. The summed E-state index contributed by atoms with van der Waals surface area (Å²) < 4.78 is 5.50. The lowest BCUT2D eigenvalue weighted by atomic mass is 9.91. The number of carbonyl (C=O) groups is 1. The molecule has 1 heterocycles. The molecule has 0 aliphatic carbocycles. The van der Waals surface area contributed by atoms with Gasteiger partial charge in [-0.3, -0.25) is 0 Å². The SMILES string of the molecule is CSC(C)CCNC(C)C1CCCN(C(=O)OC(C)(C)C)C1. The van der Waals surface area contributed by atoms with Crippen LogP contribution in [0.25, 0.3) is 0 Å². The highest BCUT2D eigenvalue weighted by Gasteiger charge is 2.29. The first-order valence-electron chi connectivity index (χ1n) is 8.47. The van der Waals surface area contributed by atoms with Crippen LogP contribution < -0.4 is 5.32 Å². The highest BCUT2D eigenvalue weighted by molar-refractivity contribution is 7.99. The Morgan fingerprint density at radius 2 is 2.09 bits per heavy atom. The molecule has 0 radical (unpaired) electrons. The first-order chi connectivity index (χ1) is 10.2. The van der Waals surface area contributed by atoms with Gasteiger partial charge in [0.05, 0.1) is 0 Å². The van der Waals surface area contributed by atoms with Crippen LogP contribution in [0.1, 0.15) is 53.9 Å². The lowest BCUT2D eigenvalue weighted by Gasteiger charge is -2.37. The number of amides is 1. The van der Waals surface area contributed by atoms with E-state index < -0.39 is 5.60 Å². The monoisotopic (exact) mass is 330 g/mol. The maximum absolute atomic E-state index is 12.2. The van der Waals surface area contributed by atoms with E-state index in [0.717, 1.165) is 26.1 Å². The number of likely N-dealkylation sites (tertiary alicyclic amines) is 1. The lowest BCUT2D eigenvalue weighted by molar-refractivity contribution is 0.0148. The van der Waals surface area contributed by atoms with Gasteiger partial charge in [0.1, 0.15) is 5.60 Å². The third-order valence-electron chi connectivity index (χ3n) is 4.24. The number of nitrogens with zero attached hydrogens (tertiary/aromatic N) is 1. The van der Waals surface area contributed by atoms with Gasteiger partial charge in [0, 0.05) is 24.4 Å². The van der Waals surface area contributed by atoms with Crippen LogP contribution in [0, 0.1) is 5.92 Å². The minimum Gasteiger partial charge on any atom is -0.444 e. The molecule has 1 saturated heterocycles. The van der Waals surface area contributed by atoms with Gasteiger partial charge in [-0.15, -0.1) is 0 Å². The number of carbonyl (C=O) groups excluding carboxylic acids is 1. The van der Waals surface area contributed by atoms with Gasteiger partial charge in [-0.25, -0.2) is 4.79 Å². The number of ether oxygens (including phenoxy) is 1. The van der Waals surface area contributed by atoms with Crippen molar-refractivity contribution in [3.63, 3.8) is 0 Å². The first kappa shape index (κ1) is 19.6. The number of nitrogens with one attached hydrogen (secondary N) is 1. The van der Waals surface area contributed by atoms with Crippen molar-refractivity contribution in [1.82, 2.24) is 10.2 Å². The van der Waals surface area contributed by atoms with Gasteiger partial charge >= 0.3 is 6.09 Å². The van der Waals surface area contributed by atoms with Crippen LogP contribution in [0.3, 0.4) is 0 Å².